The van der Waals surface area contributed by atoms with Gasteiger partial charge < -0.3 is 10.4 Å². The monoisotopic (exact) mass is 361 g/mol. The lowest BCUT2D eigenvalue weighted by molar-refractivity contribution is 0.395. The first-order valence-corrected chi connectivity index (χ1v) is 6.30. The molecule has 2 aromatic carbocycles. The highest BCUT2D eigenvalue weighted by molar-refractivity contribution is 14.1. The fraction of sp³-hybridized carbons (Fsp3) is 0.0769. The summed E-state index contributed by atoms with van der Waals surface area (Å²) in [6, 6.07) is 9.86. The van der Waals surface area contributed by atoms with Crippen LogP contribution in [0.5, 0.6) is 5.75 Å². The second-order valence-corrected chi connectivity index (χ2v) is 5.02. The van der Waals surface area contributed by atoms with Crippen LogP contribution in [0.4, 0.5) is 14.5 Å². The third kappa shape index (κ3) is 3.10. The van der Waals surface area contributed by atoms with Crippen LogP contribution in [0.15, 0.2) is 36.4 Å². The summed E-state index contributed by atoms with van der Waals surface area (Å²) in [6.07, 6.45) is 0. The third-order valence-electron chi connectivity index (χ3n) is 2.40. The number of rotatable bonds is 3. The summed E-state index contributed by atoms with van der Waals surface area (Å²) in [4.78, 5) is 0. The number of phenolic OH excluding ortho intramolecular Hbond substituents is 1. The molecule has 0 bridgehead atoms. The molecule has 0 aliphatic heterocycles. The Morgan fingerprint density at radius 2 is 1.78 bits per heavy atom. The molecule has 0 unspecified atom stereocenters. The standard InChI is InChI=1S/C13H10F2INO/c14-11-4-8(5-12(15)13(11)18)7-17-10-3-1-2-9(16)6-10/h1-6,17-18H,7H2. The molecule has 0 atom stereocenters. The van der Waals surface area contributed by atoms with Crippen molar-refractivity contribution in [3.63, 3.8) is 0 Å². The van der Waals surface area contributed by atoms with Crippen LogP contribution in [-0.2, 0) is 6.54 Å². The van der Waals surface area contributed by atoms with Gasteiger partial charge in [0.25, 0.3) is 0 Å². The molecule has 18 heavy (non-hydrogen) atoms. The predicted octanol–water partition coefficient (Wildman–Crippen LogP) is 3.89. The SMILES string of the molecule is Oc1c(F)cc(CNc2cccc(I)c2)cc1F. The molecule has 0 radical (unpaired) electrons. The topological polar surface area (TPSA) is 32.3 Å². The zero-order valence-corrected chi connectivity index (χ0v) is 11.4. The maximum atomic E-state index is 13.1. The Balaban J connectivity index is 2.11. The highest BCUT2D eigenvalue weighted by Gasteiger charge is 2.09. The molecule has 0 spiro atoms. The van der Waals surface area contributed by atoms with Gasteiger partial charge in [0.15, 0.2) is 17.4 Å². The molecule has 0 fully saturated rings. The molecular formula is C13H10F2INO. The molecule has 0 aromatic heterocycles. The van der Waals surface area contributed by atoms with E-state index in [-0.39, 0.29) is 6.54 Å². The molecule has 2 nitrogen and oxygen atoms in total. The number of benzene rings is 2. The van der Waals surface area contributed by atoms with Crippen molar-refractivity contribution in [1.82, 2.24) is 0 Å². The molecule has 2 aromatic rings. The molecule has 2 N–H and O–H groups in total. The fourth-order valence-corrected chi connectivity index (χ4v) is 2.07. The molecule has 2 rings (SSSR count). The fourth-order valence-electron chi connectivity index (χ4n) is 1.52. The zero-order valence-electron chi connectivity index (χ0n) is 9.25. The molecule has 0 saturated heterocycles. The van der Waals surface area contributed by atoms with Gasteiger partial charge in [-0.3, -0.25) is 0 Å². The smallest absolute Gasteiger partial charge is 0.187 e. The molecule has 94 valence electrons. The Labute approximate surface area is 117 Å². The maximum Gasteiger partial charge on any atom is 0.187 e. The summed E-state index contributed by atoms with van der Waals surface area (Å²) in [7, 11) is 0. The Hall–Kier alpha value is -1.37. The summed E-state index contributed by atoms with van der Waals surface area (Å²) < 4.78 is 27.3. The van der Waals surface area contributed by atoms with Crippen molar-refractivity contribution < 1.29 is 13.9 Å². The third-order valence-corrected chi connectivity index (χ3v) is 3.07. The number of halogens is 3. The van der Waals surface area contributed by atoms with E-state index in [9.17, 15) is 8.78 Å². The predicted molar refractivity (Wildman–Crippen MR) is 74.5 cm³/mol. The van der Waals surface area contributed by atoms with Gasteiger partial charge in [-0.15, -0.1) is 0 Å². The second kappa shape index (κ2) is 5.51. The van der Waals surface area contributed by atoms with E-state index in [2.05, 4.69) is 27.9 Å². The highest BCUT2D eigenvalue weighted by Crippen LogP contribution is 2.22. The summed E-state index contributed by atoms with van der Waals surface area (Å²) in [5.41, 5.74) is 1.30. The van der Waals surface area contributed by atoms with Gasteiger partial charge in [-0.05, 0) is 58.5 Å². The summed E-state index contributed by atoms with van der Waals surface area (Å²) >= 11 is 2.18. The minimum Gasteiger partial charge on any atom is -0.503 e. The number of phenols is 1. The number of nitrogens with one attached hydrogen (secondary N) is 1. The molecule has 0 heterocycles. The highest BCUT2D eigenvalue weighted by atomic mass is 127. The van der Waals surface area contributed by atoms with Crippen molar-refractivity contribution in [1.29, 1.82) is 0 Å². The molecule has 0 aliphatic rings. The Kier molecular flexibility index (Phi) is 4.00. The minimum atomic E-state index is -0.950. The summed E-state index contributed by atoms with van der Waals surface area (Å²) in [5, 5.41) is 12.0. The van der Waals surface area contributed by atoms with Crippen molar-refractivity contribution in [3.8, 4) is 5.75 Å². The van der Waals surface area contributed by atoms with Crippen LogP contribution in [0.2, 0.25) is 0 Å². The van der Waals surface area contributed by atoms with E-state index in [1.807, 2.05) is 24.3 Å². The number of aromatic hydroxyl groups is 1. The molecule has 5 heteroatoms. The van der Waals surface area contributed by atoms with Crippen molar-refractivity contribution in [2.24, 2.45) is 0 Å². The number of hydrogen-bond acceptors (Lipinski definition) is 2. The van der Waals surface area contributed by atoms with Crippen molar-refractivity contribution in [2.75, 3.05) is 5.32 Å². The van der Waals surface area contributed by atoms with Crippen LogP contribution in [0.25, 0.3) is 0 Å². The lowest BCUT2D eigenvalue weighted by Gasteiger charge is -2.08. The zero-order chi connectivity index (χ0) is 13.1. The first-order valence-electron chi connectivity index (χ1n) is 5.22. The van der Waals surface area contributed by atoms with E-state index in [0.29, 0.717) is 5.56 Å². The van der Waals surface area contributed by atoms with Crippen LogP contribution >= 0.6 is 22.6 Å². The van der Waals surface area contributed by atoms with Crippen LogP contribution in [0.1, 0.15) is 5.56 Å². The Morgan fingerprint density at radius 1 is 1.11 bits per heavy atom. The van der Waals surface area contributed by atoms with E-state index in [4.69, 9.17) is 5.11 Å². The van der Waals surface area contributed by atoms with Gasteiger partial charge in [-0.2, -0.15) is 0 Å². The van der Waals surface area contributed by atoms with Gasteiger partial charge in [0.05, 0.1) is 0 Å². The van der Waals surface area contributed by atoms with Gasteiger partial charge in [-0.1, -0.05) is 6.07 Å². The van der Waals surface area contributed by atoms with Crippen LogP contribution in [0, 0.1) is 15.2 Å². The van der Waals surface area contributed by atoms with E-state index < -0.39 is 17.4 Å². The lowest BCUT2D eigenvalue weighted by atomic mass is 10.2. The van der Waals surface area contributed by atoms with E-state index in [0.717, 1.165) is 21.4 Å². The van der Waals surface area contributed by atoms with E-state index in [1.54, 1.807) is 0 Å². The van der Waals surface area contributed by atoms with Crippen LogP contribution < -0.4 is 5.32 Å². The molecular weight excluding hydrogens is 351 g/mol. The van der Waals surface area contributed by atoms with Crippen molar-refractivity contribution in [2.45, 2.75) is 6.54 Å². The molecule has 0 aliphatic carbocycles. The first-order chi connectivity index (χ1) is 8.56. The van der Waals surface area contributed by atoms with Gasteiger partial charge in [-0.25, -0.2) is 8.78 Å². The van der Waals surface area contributed by atoms with Gasteiger partial charge in [0.1, 0.15) is 0 Å². The van der Waals surface area contributed by atoms with Gasteiger partial charge >= 0.3 is 0 Å². The normalized spacial score (nSPS) is 10.4. The molecule has 0 saturated carbocycles. The van der Waals surface area contributed by atoms with Gasteiger partial charge in [0.2, 0.25) is 0 Å². The lowest BCUT2D eigenvalue weighted by Crippen LogP contribution is -2.01. The average molecular weight is 361 g/mol. The van der Waals surface area contributed by atoms with Crippen LogP contribution in [-0.4, -0.2) is 5.11 Å². The quantitative estimate of drug-likeness (QED) is 0.814. The first kappa shape index (κ1) is 13.1. The molecule has 0 amide bonds. The van der Waals surface area contributed by atoms with Crippen molar-refractivity contribution >= 4 is 28.3 Å². The number of hydrogen-bond donors (Lipinski definition) is 2. The van der Waals surface area contributed by atoms with Gasteiger partial charge in [0, 0.05) is 15.8 Å². The maximum absolute atomic E-state index is 13.1. The Bertz CT molecular complexity index is 552. The largest absolute Gasteiger partial charge is 0.503 e. The minimum absolute atomic E-state index is 0.286. The van der Waals surface area contributed by atoms with E-state index in [1.165, 1.54) is 0 Å². The van der Waals surface area contributed by atoms with Crippen molar-refractivity contribution in [3.05, 3.63) is 57.2 Å². The number of anilines is 1. The second-order valence-electron chi connectivity index (χ2n) is 3.77. The average Bonchev–Trinajstić information content (AvgIpc) is 2.33. The summed E-state index contributed by atoms with van der Waals surface area (Å²) in [5.74, 6) is -2.84. The summed E-state index contributed by atoms with van der Waals surface area (Å²) in [6.45, 7) is 0.286. The Morgan fingerprint density at radius 3 is 2.39 bits per heavy atom. The van der Waals surface area contributed by atoms with Crippen LogP contribution in [0.3, 0.4) is 0 Å². The van der Waals surface area contributed by atoms with E-state index >= 15 is 0 Å².